The van der Waals surface area contributed by atoms with Crippen LogP contribution >= 0.6 is 0 Å². The van der Waals surface area contributed by atoms with Crippen molar-refractivity contribution in [3.05, 3.63) is 59.7 Å². The molecule has 4 atom stereocenters. The number of rotatable bonds is 7. The quantitative estimate of drug-likeness (QED) is 0.591. The van der Waals surface area contributed by atoms with E-state index in [0.717, 1.165) is 24.5 Å². The number of benzene rings is 2. The smallest absolute Gasteiger partial charge is 0.416 e. The molecule has 0 aromatic heterocycles. The number of halogens is 3. The number of anilines is 1. The summed E-state index contributed by atoms with van der Waals surface area (Å²) in [7, 11) is 0. The number of nitrogens with one attached hydrogen (secondary N) is 2. The number of alkyl halides is 3. The lowest BCUT2D eigenvalue weighted by atomic mass is 9.84. The number of ether oxygens (including phenoxy) is 1. The van der Waals surface area contributed by atoms with Crippen LogP contribution in [-0.2, 0) is 11.0 Å². The van der Waals surface area contributed by atoms with Crippen LogP contribution in [0.25, 0.3) is 0 Å². The fourth-order valence-corrected chi connectivity index (χ4v) is 5.19. The third kappa shape index (κ3) is 5.49. The van der Waals surface area contributed by atoms with Gasteiger partial charge in [-0.3, -0.25) is 9.59 Å². The first-order valence-corrected chi connectivity index (χ1v) is 11.2. The van der Waals surface area contributed by atoms with E-state index in [1.54, 1.807) is 24.3 Å². The zero-order valence-corrected chi connectivity index (χ0v) is 18.3. The van der Waals surface area contributed by atoms with Gasteiger partial charge in [-0.05, 0) is 74.3 Å². The van der Waals surface area contributed by atoms with E-state index < -0.39 is 24.3 Å². The van der Waals surface area contributed by atoms with Crippen molar-refractivity contribution in [2.45, 2.75) is 44.8 Å². The SMILES string of the molecule is C[C@@H](NC(=O)c1ccccc1OCC(=O)Nc1cccc(C(F)(F)F)c1)[C@H]1C[C@H]2CC[C@H]1C2. The Labute approximate surface area is 190 Å². The van der Waals surface area contributed by atoms with E-state index in [0.29, 0.717) is 17.4 Å². The van der Waals surface area contributed by atoms with Gasteiger partial charge in [0.2, 0.25) is 0 Å². The van der Waals surface area contributed by atoms with E-state index in [1.165, 1.54) is 31.4 Å². The molecule has 0 unspecified atom stereocenters. The maximum atomic E-state index is 12.9. The molecule has 0 saturated heterocycles. The predicted molar refractivity (Wildman–Crippen MR) is 118 cm³/mol. The number of carbonyl (C=O) groups is 2. The van der Waals surface area contributed by atoms with Gasteiger partial charge in [-0.1, -0.05) is 24.6 Å². The molecule has 2 aromatic rings. The summed E-state index contributed by atoms with van der Waals surface area (Å²) in [6.07, 6.45) is 0.432. The molecule has 2 amide bonds. The Morgan fingerprint density at radius 1 is 1.09 bits per heavy atom. The largest absolute Gasteiger partial charge is 0.483 e. The van der Waals surface area contributed by atoms with Gasteiger partial charge < -0.3 is 15.4 Å². The molecular formula is C25H27F3N2O3. The number of fused-ring (bicyclic) bond motifs is 2. The summed E-state index contributed by atoms with van der Waals surface area (Å²) in [6, 6.07) is 11.0. The lowest BCUT2D eigenvalue weighted by Crippen LogP contribution is -2.40. The molecule has 33 heavy (non-hydrogen) atoms. The van der Waals surface area contributed by atoms with Crippen molar-refractivity contribution >= 4 is 17.5 Å². The average Bonchev–Trinajstić information content (AvgIpc) is 3.41. The van der Waals surface area contributed by atoms with E-state index in [-0.39, 0.29) is 23.4 Å². The molecule has 8 heteroatoms. The summed E-state index contributed by atoms with van der Waals surface area (Å²) in [4.78, 5) is 25.1. The van der Waals surface area contributed by atoms with Crippen LogP contribution < -0.4 is 15.4 Å². The molecule has 2 N–H and O–H groups in total. The van der Waals surface area contributed by atoms with Gasteiger partial charge in [0.1, 0.15) is 5.75 Å². The van der Waals surface area contributed by atoms with E-state index >= 15 is 0 Å². The van der Waals surface area contributed by atoms with Crippen molar-refractivity contribution in [2.75, 3.05) is 11.9 Å². The minimum absolute atomic E-state index is 0.0177. The summed E-state index contributed by atoms with van der Waals surface area (Å²) in [5.41, 5.74) is -0.517. The molecule has 0 heterocycles. The minimum Gasteiger partial charge on any atom is -0.483 e. The van der Waals surface area contributed by atoms with Gasteiger partial charge in [-0.2, -0.15) is 13.2 Å². The van der Waals surface area contributed by atoms with Crippen molar-refractivity contribution < 1.29 is 27.5 Å². The van der Waals surface area contributed by atoms with E-state index in [9.17, 15) is 22.8 Å². The monoisotopic (exact) mass is 460 g/mol. The minimum atomic E-state index is -4.50. The van der Waals surface area contributed by atoms with E-state index in [4.69, 9.17) is 4.74 Å². The molecule has 2 fully saturated rings. The lowest BCUT2D eigenvalue weighted by Gasteiger charge is -2.28. The second-order valence-corrected chi connectivity index (χ2v) is 9.01. The van der Waals surface area contributed by atoms with Gasteiger partial charge in [-0.15, -0.1) is 0 Å². The fourth-order valence-electron chi connectivity index (χ4n) is 5.19. The van der Waals surface area contributed by atoms with Crippen LogP contribution in [0.2, 0.25) is 0 Å². The van der Waals surface area contributed by atoms with Gasteiger partial charge >= 0.3 is 6.18 Å². The summed E-state index contributed by atoms with van der Waals surface area (Å²) < 4.78 is 44.1. The highest BCUT2D eigenvalue weighted by molar-refractivity contribution is 5.97. The van der Waals surface area contributed by atoms with Crippen LogP contribution in [0.4, 0.5) is 18.9 Å². The molecule has 176 valence electrons. The lowest BCUT2D eigenvalue weighted by molar-refractivity contribution is -0.137. The highest BCUT2D eigenvalue weighted by Gasteiger charge is 2.42. The highest BCUT2D eigenvalue weighted by atomic mass is 19.4. The van der Waals surface area contributed by atoms with Crippen LogP contribution in [0.15, 0.2) is 48.5 Å². The second-order valence-electron chi connectivity index (χ2n) is 9.01. The number of hydrogen-bond donors (Lipinski definition) is 2. The van der Waals surface area contributed by atoms with Crippen molar-refractivity contribution in [1.29, 1.82) is 0 Å². The molecule has 5 nitrogen and oxygen atoms in total. The van der Waals surface area contributed by atoms with Gasteiger partial charge in [0.15, 0.2) is 6.61 Å². The second kappa shape index (κ2) is 9.45. The van der Waals surface area contributed by atoms with Crippen LogP contribution in [0.3, 0.4) is 0 Å². The standard InChI is InChI=1S/C25H27F3N2O3/c1-15(21-12-16-9-10-17(21)11-16)29-24(32)20-7-2-3-8-22(20)33-14-23(31)30-19-6-4-5-18(13-19)25(26,27)28/h2-8,13,15-17,21H,9-12,14H2,1H3,(H,29,32)(H,30,31)/t15-,16+,17+,21-/m1/s1. The first-order valence-electron chi connectivity index (χ1n) is 11.2. The fraction of sp³-hybridized carbons (Fsp3) is 0.440. The highest BCUT2D eigenvalue weighted by Crippen LogP contribution is 2.49. The normalized spacial score (nSPS) is 22.6. The molecule has 0 aliphatic heterocycles. The summed E-state index contributed by atoms with van der Waals surface area (Å²) >= 11 is 0. The third-order valence-corrected chi connectivity index (χ3v) is 6.76. The maximum Gasteiger partial charge on any atom is 0.416 e. The zero-order chi connectivity index (χ0) is 23.6. The Morgan fingerprint density at radius 2 is 1.88 bits per heavy atom. The zero-order valence-electron chi connectivity index (χ0n) is 18.3. The molecule has 2 bridgehead atoms. The van der Waals surface area contributed by atoms with Crippen molar-refractivity contribution in [2.24, 2.45) is 17.8 Å². The molecule has 2 saturated carbocycles. The number of carbonyl (C=O) groups excluding carboxylic acids is 2. The summed E-state index contributed by atoms with van der Waals surface area (Å²) in [6.45, 7) is 1.59. The average molecular weight is 460 g/mol. The number of amides is 2. The van der Waals surface area contributed by atoms with E-state index in [2.05, 4.69) is 10.6 Å². The maximum absolute atomic E-state index is 12.9. The first-order chi connectivity index (χ1) is 15.7. The molecule has 4 rings (SSSR count). The molecule has 2 aliphatic carbocycles. The summed E-state index contributed by atoms with van der Waals surface area (Å²) in [5, 5.41) is 5.48. The van der Waals surface area contributed by atoms with Crippen molar-refractivity contribution in [1.82, 2.24) is 5.32 Å². The molecule has 0 radical (unpaired) electrons. The topological polar surface area (TPSA) is 67.4 Å². The van der Waals surface area contributed by atoms with Crippen LogP contribution in [0.1, 0.15) is 48.5 Å². The van der Waals surface area contributed by atoms with Crippen LogP contribution in [0.5, 0.6) is 5.75 Å². The molecule has 2 aromatic carbocycles. The van der Waals surface area contributed by atoms with E-state index in [1.807, 2.05) is 6.92 Å². The van der Waals surface area contributed by atoms with Gasteiger partial charge in [0, 0.05) is 11.7 Å². The summed E-state index contributed by atoms with van der Waals surface area (Å²) in [5.74, 6) is 1.30. The van der Waals surface area contributed by atoms with Crippen molar-refractivity contribution in [3.63, 3.8) is 0 Å². The molecular weight excluding hydrogens is 433 g/mol. The van der Waals surface area contributed by atoms with Gasteiger partial charge in [0.05, 0.1) is 11.1 Å². The van der Waals surface area contributed by atoms with Crippen molar-refractivity contribution in [3.8, 4) is 5.75 Å². The van der Waals surface area contributed by atoms with Gasteiger partial charge in [-0.25, -0.2) is 0 Å². The Bertz CT molecular complexity index is 1020. The third-order valence-electron chi connectivity index (χ3n) is 6.76. The van der Waals surface area contributed by atoms with Gasteiger partial charge in [0.25, 0.3) is 11.8 Å². The number of para-hydroxylation sites is 1. The van der Waals surface area contributed by atoms with Crippen LogP contribution in [0, 0.1) is 17.8 Å². The van der Waals surface area contributed by atoms with Crippen LogP contribution in [-0.4, -0.2) is 24.5 Å². The Balaban J connectivity index is 1.34. The molecule has 0 spiro atoms. The predicted octanol–water partition coefficient (Wildman–Crippen LogP) is 5.28. The Hall–Kier alpha value is -3.03. The first kappa shape index (κ1) is 23.1. The molecule has 2 aliphatic rings. The number of hydrogen-bond acceptors (Lipinski definition) is 3. The Kier molecular flexibility index (Phi) is 6.63. The Morgan fingerprint density at radius 3 is 2.58 bits per heavy atom.